The number of hydroxylamine groups is 1. The fraction of sp³-hybridized carbons (Fsp3) is 0.176. The van der Waals surface area contributed by atoms with E-state index in [-0.39, 0.29) is 13.1 Å². The van der Waals surface area contributed by atoms with Gasteiger partial charge in [0, 0.05) is 0 Å². The van der Waals surface area contributed by atoms with E-state index < -0.39 is 16.9 Å². The number of hydrogen-bond acceptors (Lipinski definition) is 5. The maximum atomic E-state index is 12.5. The predicted octanol–water partition coefficient (Wildman–Crippen LogP) is 1.74. The zero-order valence-corrected chi connectivity index (χ0v) is 14.6. The molecule has 0 spiro atoms. The lowest BCUT2D eigenvalue weighted by atomic mass is 10.3. The molecule has 1 aromatic rings. The second kappa shape index (κ2) is 11.1. The number of amides is 1. The molecule has 134 valence electrons. The van der Waals surface area contributed by atoms with Crippen LogP contribution < -0.4 is 10.2 Å². The van der Waals surface area contributed by atoms with E-state index in [1.807, 2.05) is 19.1 Å². The number of carbonyl (C=O) groups is 2. The van der Waals surface area contributed by atoms with E-state index in [0.29, 0.717) is 22.7 Å². The third-order valence-corrected chi connectivity index (χ3v) is 4.30. The quantitative estimate of drug-likeness (QED) is 0.217. The Balaban J connectivity index is 2.88. The van der Waals surface area contributed by atoms with Gasteiger partial charge in [-0.25, -0.2) is 14.0 Å². The van der Waals surface area contributed by atoms with Crippen molar-refractivity contribution in [3.63, 3.8) is 0 Å². The first-order chi connectivity index (χ1) is 12.0. The van der Waals surface area contributed by atoms with Gasteiger partial charge in [-0.3, -0.25) is 10.0 Å². The standard InChI is InChI=1S/C17H20N2O5S/c1-3-5-6-14(4-2)24-15-7-9-16(10-8-15)25(23)19(11-12-20)13-17(21)18-22/h3-10,12,22H,2,11,13H2,1H3,(H,18,21)/b5-3-,14-6+. The van der Waals surface area contributed by atoms with Crippen LogP contribution in [0.4, 0.5) is 0 Å². The van der Waals surface area contributed by atoms with Gasteiger partial charge in [-0.05, 0) is 43.3 Å². The van der Waals surface area contributed by atoms with Crippen LogP contribution in [-0.2, 0) is 20.6 Å². The molecule has 0 aliphatic carbocycles. The Hall–Kier alpha value is -2.55. The van der Waals surface area contributed by atoms with Crippen LogP contribution in [0.1, 0.15) is 6.92 Å². The minimum absolute atomic E-state index is 0.217. The largest absolute Gasteiger partial charge is 0.457 e. The lowest BCUT2D eigenvalue weighted by Crippen LogP contribution is -2.38. The number of nitrogens with one attached hydrogen (secondary N) is 1. The Kier molecular flexibility index (Phi) is 9.09. The molecule has 1 aromatic carbocycles. The van der Waals surface area contributed by atoms with E-state index >= 15 is 0 Å². The average molecular weight is 364 g/mol. The number of benzene rings is 1. The monoisotopic (exact) mass is 364 g/mol. The Bertz CT molecular complexity index is 683. The van der Waals surface area contributed by atoms with Crippen LogP contribution >= 0.6 is 0 Å². The van der Waals surface area contributed by atoms with Crippen LogP contribution in [-0.4, -0.2) is 39.0 Å². The van der Waals surface area contributed by atoms with Crippen LogP contribution in [0.2, 0.25) is 0 Å². The molecule has 25 heavy (non-hydrogen) atoms. The van der Waals surface area contributed by atoms with Crippen molar-refractivity contribution in [3.05, 3.63) is 60.9 Å². The molecule has 0 fully saturated rings. The smallest absolute Gasteiger partial charge is 0.258 e. The van der Waals surface area contributed by atoms with Gasteiger partial charge < -0.3 is 9.53 Å². The van der Waals surface area contributed by atoms with Gasteiger partial charge >= 0.3 is 0 Å². The van der Waals surface area contributed by atoms with Gasteiger partial charge in [-0.1, -0.05) is 18.7 Å². The summed E-state index contributed by atoms with van der Waals surface area (Å²) in [6.45, 7) is 4.94. The van der Waals surface area contributed by atoms with E-state index in [4.69, 9.17) is 9.94 Å². The number of nitrogens with zero attached hydrogens (tertiary/aromatic N) is 1. The molecule has 1 unspecified atom stereocenters. The molecule has 0 radical (unpaired) electrons. The first-order valence-corrected chi connectivity index (χ1v) is 8.43. The molecule has 0 aliphatic rings. The average Bonchev–Trinajstić information content (AvgIpc) is 2.64. The number of aldehydes is 1. The van der Waals surface area contributed by atoms with E-state index in [1.54, 1.807) is 36.4 Å². The Morgan fingerprint density at radius 2 is 2.08 bits per heavy atom. The Labute approximate surface area is 148 Å². The summed E-state index contributed by atoms with van der Waals surface area (Å²) in [5, 5.41) is 8.56. The number of rotatable bonds is 10. The molecule has 1 rings (SSSR count). The second-order valence-electron chi connectivity index (χ2n) is 4.65. The van der Waals surface area contributed by atoms with Crippen molar-refractivity contribution in [1.29, 1.82) is 0 Å². The maximum Gasteiger partial charge on any atom is 0.258 e. The zero-order chi connectivity index (χ0) is 18.7. The van der Waals surface area contributed by atoms with Crippen molar-refractivity contribution in [2.24, 2.45) is 0 Å². The van der Waals surface area contributed by atoms with Crippen LogP contribution in [0, 0.1) is 0 Å². The second-order valence-corrected chi connectivity index (χ2v) is 6.13. The van der Waals surface area contributed by atoms with E-state index in [2.05, 4.69) is 6.58 Å². The first-order valence-electron chi connectivity index (χ1n) is 7.32. The highest BCUT2D eigenvalue weighted by Crippen LogP contribution is 2.19. The normalized spacial score (nSPS) is 12.8. The SMILES string of the molecule is C=C/C(=C\C=C/C)Oc1ccc(S(=O)N(CC=O)CC(=O)NO)cc1. The van der Waals surface area contributed by atoms with E-state index in [9.17, 15) is 13.8 Å². The fourth-order valence-corrected chi connectivity index (χ4v) is 2.81. The number of hydrogen-bond donors (Lipinski definition) is 2. The molecule has 0 aliphatic heterocycles. The summed E-state index contributed by atoms with van der Waals surface area (Å²) in [6, 6.07) is 6.36. The molecule has 0 saturated carbocycles. The van der Waals surface area contributed by atoms with Crippen LogP contribution in [0.5, 0.6) is 5.75 Å². The molecule has 7 nitrogen and oxygen atoms in total. The van der Waals surface area contributed by atoms with Crippen LogP contribution in [0.25, 0.3) is 0 Å². The van der Waals surface area contributed by atoms with Crippen molar-refractivity contribution in [1.82, 2.24) is 9.79 Å². The Morgan fingerprint density at radius 3 is 2.60 bits per heavy atom. The molecule has 1 amide bonds. The molecule has 2 N–H and O–H groups in total. The van der Waals surface area contributed by atoms with Gasteiger partial charge in [-0.2, -0.15) is 0 Å². The summed E-state index contributed by atoms with van der Waals surface area (Å²) in [5.74, 6) is 0.306. The highest BCUT2D eigenvalue weighted by atomic mass is 32.2. The summed E-state index contributed by atoms with van der Waals surface area (Å²) in [5.41, 5.74) is 1.44. The lowest BCUT2D eigenvalue weighted by molar-refractivity contribution is -0.129. The van der Waals surface area contributed by atoms with E-state index in [1.165, 1.54) is 5.48 Å². The summed E-state index contributed by atoms with van der Waals surface area (Å²) < 4.78 is 19.2. The lowest BCUT2D eigenvalue weighted by Gasteiger charge is -2.17. The van der Waals surface area contributed by atoms with Gasteiger partial charge in [0.05, 0.1) is 18.0 Å². The topological polar surface area (TPSA) is 95.9 Å². The van der Waals surface area contributed by atoms with Crippen molar-refractivity contribution in [3.8, 4) is 5.75 Å². The highest BCUT2D eigenvalue weighted by molar-refractivity contribution is 7.82. The Morgan fingerprint density at radius 1 is 1.40 bits per heavy atom. The minimum Gasteiger partial charge on any atom is -0.457 e. The van der Waals surface area contributed by atoms with Crippen molar-refractivity contribution < 1.29 is 23.7 Å². The van der Waals surface area contributed by atoms with Crippen molar-refractivity contribution >= 4 is 23.2 Å². The van der Waals surface area contributed by atoms with Crippen molar-refractivity contribution in [2.75, 3.05) is 13.1 Å². The summed E-state index contributed by atoms with van der Waals surface area (Å²) in [4.78, 5) is 22.3. The third-order valence-electron chi connectivity index (χ3n) is 2.87. The van der Waals surface area contributed by atoms with Crippen LogP contribution in [0.3, 0.4) is 0 Å². The van der Waals surface area contributed by atoms with Crippen LogP contribution in [0.15, 0.2) is 65.8 Å². The first kappa shape index (κ1) is 20.5. The van der Waals surface area contributed by atoms with E-state index in [0.717, 1.165) is 4.31 Å². The number of carbonyl (C=O) groups excluding carboxylic acids is 2. The highest BCUT2D eigenvalue weighted by Gasteiger charge is 2.18. The summed E-state index contributed by atoms with van der Waals surface area (Å²) >= 11 is 0. The zero-order valence-electron chi connectivity index (χ0n) is 13.8. The predicted molar refractivity (Wildman–Crippen MR) is 94.1 cm³/mol. The summed E-state index contributed by atoms with van der Waals surface area (Å²) in [7, 11) is -1.74. The van der Waals surface area contributed by atoms with Gasteiger partial charge in [0.25, 0.3) is 5.91 Å². The number of allylic oxidation sites excluding steroid dienone is 4. The maximum absolute atomic E-state index is 12.5. The van der Waals surface area contributed by atoms with Crippen molar-refractivity contribution in [2.45, 2.75) is 11.8 Å². The molecular formula is C17H20N2O5S. The minimum atomic E-state index is -1.74. The fourth-order valence-electron chi connectivity index (χ4n) is 1.71. The molecule has 0 heterocycles. The molecule has 0 aromatic heterocycles. The number of ether oxygens (including phenoxy) is 1. The van der Waals surface area contributed by atoms with Gasteiger partial charge in [0.15, 0.2) is 0 Å². The molecule has 0 saturated heterocycles. The van der Waals surface area contributed by atoms with Gasteiger partial charge in [0.2, 0.25) is 0 Å². The van der Waals surface area contributed by atoms with Gasteiger partial charge in [-0.15, -0.1) is 0 Å². The molecule has 1 atom stereocenters. The van der Waals surface area contributed by atoms with Gasteiger partial charge in [0.1, 0.15) is 28.8 Å². The molecule has 8 heteroatoms. The third kappa shape index (κ3) is 6.84. The molecule has 0 bridgehead atoms. The summed E-state index contributed by atoms with van der Waals surface area (Å²) in [6.07, 6.45) is 7.50. The molecular weight excluding hydrogens is 344 g/mol.